The van der Waals surface area contributed by atoms with Crippen LogP contribution in [-0.4, -0.2) is 32.3 Å². The maximum absolute atomic E-state index is 12.2. The van der Waals surface area contributed by atoms with Gasteiger partial charge >= 0.3 is 0 Å². The minimum absolute atomic E-state index is 0.273. The lowest BCUT2D eigenvalue weighted by atomic mass is 10.0. The molecule has 0 radical (unpaired) electrons. The maximum atomic E-state index is 12.2. The van der Waals surface area contributed by atoms with E-state index >= 15 is 0 Å². The number of aryl methyl sites for hydroxylation is 2. The molecule has 10 heteroatoms. The number of rotatable bonds is 8. The molecule has 1 N–H and O–H groups in total. The average Bonchev–Trinajstić information content (AvgIpc) is 3.22. The molecule has 1 aromatic carbocycles. The molecule has 0 bridgehead atoms. The summed E-state index contributed by atoms with van der Waals surface area (Å²) in [6, 6.07) is 5.27. The lowest BCUT2D eigenvalue weighted by molar-refractivity contribution is -0.106. The summed E-state index contributed by atoms with van der Waals surface area (Å²) in [6.45, 7) is 12.8. The predicted octanol–water partition coefficient (Wildman–Crippen LogP) is 5.95. The Labute approximate surface area is 220 Å². The largest absolute Gasteiger partial charge is 0.471 e. The van der Waals surface area contributed by atoms with Crippen molar-refractivity contribution in [2.75, 3.05) is 4.90 Å². The summed E-state index contributed by atoms with van der Waals surface area (Å²) < 4.78 is 5.91. The summed E-state index contributed by atoms with van der Waals surface area (Å²) in [5.74, 6) is 1.08. The Bertz CT molecular complexity index is 1320. The van der Waals surface area contributed by atoms with Crippen molar-refractivity contribution in [2.45, 2.75) is 60.7 Å². The summed E-state index contributed by atoms with van der Waals surface area (Å²) in [4.78, 5) is 31.4. The van der Waals surface area contributed by atoms with E-state index in [0.717, 1.165) is 27.4 Å². The van der Waals surface area contributed by atoms with E-state index in [1.165, 1.54) is 4.90 Å². The quantitative estimate of drug-likeness (QED) is 0.168. The van der Waals surface area contributed by atoms with Gasteiger partial charge in [-0.2, -0.15) is 0 Å². The van der Waals surface area contributed by atoms with Crippen LogP contribution < -0.4 is 4.90 Å². The van der Waals surface area contributed by atoms with Gasteiger partial charge in [-0.15, -0.1) is 11.3 Å². The third kappa shape index (κ3) is 6.54. The second-order valence-electron chi connectivity index (χ2n) is 9.04. The highest BCUT2D eigenvalue weighted by atomic mass is 35.5. The van der Waals surface area contributed by atoms with E-state index in [2.05, 4.69) is 19.9 Å². The second-order valence-corrected chi connectivity index (χ2v) is 10.5. The van der Waals surface area contributed by atoms with Crippen molar-refractivity contribution in [3.63, 3.8) is 0 Å². The number of amidine groups is 1. The third-order valence-electron chi connectivity index (χ3n) is 5.17. The number of carbonyl (C=O) groups is 1. The first-order valence-electron chi connectivity index (χ1n) is 11.3. The molecule has 2 heterocycles. The van der Waals surface area contributed by atoms with Crippen LogP contribution in [0.25, 0.3) is 11.3 Å². The van der Waals surface area contributed by atoms with Crippen molar-refractivity contribution >= 4 is 40.9 Å². The molecule has 0 aliphatic heterocycles. The van der Waals surface area contributed by atoms with E-state index in [1.54, 1.807) is 50.4 Å². The SMILES string of the molecule is CC(C)=C(/N=C(/C)N(C=O)c1cc(-c2nc(C(C)(C)O)ncc2C)ccc1Cl)OCc1csc(C)n1. The van der Waals surface area contributed by atoms with Crippen molar-refractivity contribution < 1.29 is 14.6 Å². The number of nitrogens with zero attached hydrogens (tertiary/aromatic N) is 5. The van der Waals surface area contributed by atoms with E-state index in [0.29, 0.717) is 40.4 Å². The van der Waals surface area contributed by atoms with Crippen LogP contribution in [0.1, 0.15) is 56.7 Å². The standard InChI is InChI=1S/C26H30ClN5O3S/c1-15(2)24(35-12-20-13-36-18(5)30-20)29-17(4)32(14-33)22-10-19(8-9-21(22)27)23-16(3)11-28-25(31-23)26(6,7)34/h8-11,13-14,34H,12H2,1-7H3/b29-17-. The highest BCUT2D eigenvalue weighted by Crippen LogP contribution is 2.33. The Kier molecular flexibility index (Phi) is 8.60. The van der Waals surface area contributed by atoms with Gasteiger partial charge in [-0.1, -0.05) is 17.7 Å². The average molecular weight is 528 g/mol. The van der Waals surface area contributed by atoms with Gasteiger partial charge in [0.1, 0.15) is 18.0 Å². The number of thiazole rings is 1. The van der Waals surface area contributed by atoms with Crippen LogP contribution in [0.2, 0.25) is 5.02 Å². The number of allylic oxidation sites excluding steroid dienone is 1. The molecule has 0 fully saturated rings. The molecule has 1 amide bonds. The number of aliphatic imine (C=N–C) groups is 1. The van der Waals surface area contributed by atoms with Crippen LogP contribution in [0, 0.1) is 13.8 Å². The summed E-state index contributed by atoms with van der Waals surface area (Å²) >= 11 is 8.06. The summed E-state index contributed by atoms with van der Waals surface area (Å²) in [5.41, 5.74) is 3.08. The molecule has 2 aromatic heterocycles. The van der Waals surface area contributed by atoms with Gasteiger partial charge < -0.3 is 9.84 Å². The van der Waals surface area contributed by atoms with E-state index in [9.17, 15) is 9.90 Å². The molecule has 0 atom stereocenters. The zero-order valence-corrected chi connectivity index (χ0v) is 23.0. The van der Waals surface area contributed by atoms with Crippen LogP contribution in [0.5, 0.6) is 0 Å². The van der Waals surface area contributed by atoms with E-state index in [-0.39, 0.29) is 6.61 Å². The van der Waals surface area contributed by atoms with Crippen LogP contribution in [0.15, 0.2) is 46.2 Å². The summed E-state index contributed by atoms with van der Waals surface area (Å²) in [7, 11) is 0. The fraction of sp³-hybridized carbons (Fsp3) is 0.346. The second kappa shape index (κ2) is 11.3. The monoisotopic (exact) mass is 527 g/mol. The van der Waals surface area contributed by atoms with Crippen LogP contribution >= 0.6 is 22.9 Å². The van der Waals surface area contributed by atoms with E-state index in [1.807, 2.05) is 39.1 Å². The normalized spacial score (nSPS) is 11.9. The minimum atomic E-state index is -1.20. The number of aliphatic hydroxyl groups is 1. The van der Waals surface area contributed by atoms with Crippen LogP contribution in [0.4, 0.5) is 5.69 Å². The number of halogens is 1. The first-order chi connectivity index (χ1) is 16.9. The zero-order chi connectivity index (χ0) is 26.6. The molecule has 0 aliphatic rings. The van der Waals surface area contributed by atoms with Crippen molar-refractivity contribution in [3.8, 4) is 11.3 Å². The molecule has 0 spiro atoms. The molecule has 0 saturated carbocycles. The molecule has 0 saturated heterocycles. The maximum Gasteiger partial charge on any atom is 0.219 e. The first kappa shape index (κ1) is 27.4. The molecule has 36 heavy (non-hydrogen) atoms. The van der Waals surface area contributed by atoms with Crippen LogP contribution in [0.3, 0.4) is 0 Å². The minimum Gasteiger partial charge on any atom is -0.471 e. The number of anilines is 1. The molecular formula is C26H30ClN5O3S. The van der Waals surface area contributed by atoms with Gasteiger partial charge in [0.25, 0.3) is 0 Å². The van der Waals surface area contributed by atoms with Crippen LogP contribution in [-0.2, 0) is 21.7 Å². The van der Waals surface area contributed by atoms with Gasteiger partial charge in [-0.25, -0.2) is 19.9 Å². The summed E-state index contributed by atoms with van der Waals surface area (Å²) in [6.07, 6.45) is 2.32. The Morgan fingerprint density at radius 2 is 1.97 bits per heavy atom. The lowest BCUT2D eigenvalue weighted by Gasteiger charge is -2.21. The van der Waals surface area contributed by atoms with Gasteiger partial charge in [-0.3, -0.25) is 9.69 Å². The number of aromatic nitrogens is 3. The Morgan fingerprint density at radius 1 is 1.25 bits per heavy atom. The smallest absolute Gasteiger partial charge is 0.219 e. The number of hydrogen-bond acceptors (Lipinski definition) is 8. The Morgan fingerprint density at radius 3 is 2.56 bits per heavy atom. The molecular weight excluding hydrogens is 498 g/mol. The molecule has 0 unspecified atom stereocenters. The molecule has 190 valence electrons. The molecule has 8 nitrogen and oxygen atoms in total. The third-order valence-corrected chi connectivity index (χ3v) is 6.31. The van der Waals surface area contributed by atoms with Gasteiger partial charge in [0.2, 0.25) is 12.3 Å². The highest BCUT2D eigenvalue weighted by Gasteiger charge is 2.22. The van der Waals surface area contributed by atoms with Gasteiger partial charge in [0.15, 0.2) is 5.82 Å². The fourth-order valence-electron chi connectivity index (χ4n) is 3.29. The number of carbonyl (C=O) groups excluding carboxylic acids is 1. The number of amides is 1. The Balaban J connectivity index is 1.97. The number of ether oxygens (including phenoxy) is 1. The fourth-order valence-corrected chi connectivity index (χ4v) is 4.09. The van der Waals surface area contributed by atoms with Crippen molar-refractivity contribution in [2.24, 2.45) is 4.99 Å². The predicted molar refractivity (Wildman–Crippen MR) is 144 cm³/mol. The van der Waals surface area contributed by atoms with Crippen molar-refractivity contribution in [1.82, 2.24) is 15.0 Å². The summed E-state index contributed by atoms with van der Waals surface area (Å²) in [5, 5.41) is 13.6. The first-order valence-corrected chi connectivity index (χ1v) is 12.5. The van der Waals surface area contributed by atoms with E-state index < -0.39 is 5.60 Å². The van der Waals surface area contributed by atoms with Crippen molar-refractivity contribution in [3.05, 3.63) is 68.3 Å². The topological polar surface area (TPSA) is 101 Å². The number of hydrogen-bond donors (Lipinski definition) is 1. The van der Waals surface area contributed by atoms with Crippen molar-refractivity contribution in [1.29, 1.82) is 0 Å². The van der Waals surface area contributed by atoms with Gasteiger partial charge in [-0.05, 0) is 71.7 Å². The van der Waals surface area contributed by atoms with Gasteiger partial charge in [0.05, 0.1) is 27.1 Å². The highest BCUT2D eigenvalue weighted by molar-refractivity contribution is 7.09. The molecule has 0 aliphatic carbocycles. The molecule has 3 rings (SSSR count). The zero-order valence-electron chi connectivity index (χ0n) is 21.5. The molecule has 3 aromatic rings. The lowest BCUT2D eigenvalue weighted by Crippen LogP contribution is -2.27. The van der Waals surface area contributed by atoms with Gasteiger partial charge in [0, 0.05) is 17.1 Å². The van der Waals surface area contributed by atoms with E-state index in [4.69, 9.17) is 16.3 Å². The number of benzene rings is 1. The Hall–Kier alpha value is -3.14.